The Balaban J connectivity index is 2.00. The van der Waals surface area contributed by atoms with Gasteiger partial charge in [-0.25, -0.2) is 0 Å². The Morgan fingerprint density at radius 3 is 0.886 bits per heavy atom. The molecule has 44 heavy (non-hydrogen) atoms. The fourth-order valence-corrected chi connectivity index (χ4v) is 12.3. The number of piperidine rings is 4. The highest BCUT2D eigenvalue weighted by Gasteiger charge is 2.50. The summed E-state index contributed by atoms with van der Waals surface area (Å²) in [6.07, 6.45) is 9.87. The van der Waals surface area contributed by atoms with Crippen molar-refractivity contribution in [3.05, 3.63) is 11.1 Å². The van der Waals surface area contributed by atoms with Gasteiger partial charge in [-0.1, -0.05) is 18.1 Å². The molecule has 256 valence electrons. The first-order chi connectivity index (χ1) is 19.5. The van der Waals surface area contributed by atoms with Crippen LogP contribution in [0.4, 0.5) is 0 Å². The van der Waals surface area contributed by atoms with E-state index in [0.717, 1.165) is 0 Å². The van der Waals surface area contributed by atoms with E-state index in [1.54, 1.807) is 0 Å². The van der Waals surface area contributed by atoms with Gasteiger partial charge in [0, 0.05) is 44.3 Å². The van der Waals surface area contributed by atoms with E-state index >= 15 is 0 Å². The maximum atomic E-state index is 4.06. The van der Waals surface area contributed by atoms with Gasteiger partial charge < -0.3 is 21.3 Å². The van der Waals surface area contributed by atoms with Gasteiger partial charge in [0.15, 0.2) is 0 Å². The monoisotopic (exact) mass is 613 g/mol. The summed E-state index contributed by atoms with van der Waals surface area (Å²) in [5.41, 5.74) is 4.81. The molecule has 1 atom stereocenters. The first kappa shape index (κ1) is 36.4. The zero-order chi connectivity index (χ0) is 33.5. The minimum absolute atomic E-state index is 0.120. The quantitative estimate of drug-likeness (QED) is 0.234. The van der Waals surface area contributed by atoms with Gasteiger partial charge in [-0.15, -0.1) is 0 Å². The summed E-state index contributed by atoms with van der Waals surface area (Å²) in [7, 11) is 0. The largest absolute Gasteiger partial charge is 0.307 e. The fourth-order valence-electron chi connectivity index (χ4n) is 12.3. The van der Waals surface area contributed by atoms with Crippen molar-refractivity contribution in [1.82, 2.24) is 21.3 Å². The van der Waals surface area contributed by atoms with E-state index in [4.69, 9.17) is 0 Å². The Morgan fingerprint density at radius 1 is 0.386 bits per heavy atom. The lowest BCUT2D eigenvalue weighted by molar-refractivity contribution is 0.0835. The topological polar surface area (TPSA) is 48.1 Å². The molecular weight excluding hydrogens is 536 g/mol. The van der Waals surface area contributed by atoms with Crippen LogP contribution in [0.3, 0.4) is 0 Å². The second-order valence-electron chi connectivity index (χ2n) is 21.8. The third-order valence-corrected chi connectivity index (χ3v) is 11.6. The predicted molar refractivity (Wildman–Crippen MR) is 192 cm³/mol. The zero-order valence-electron chi connectivity index (χ0n) is 32.5. The maximum absolute atomic E-state index is 4.06. The molecule has 4 heteroatoms. The summed E-state index contributed by atoms with van der Waals surface area (Å²) in [6, 6.07) is 0. The summed E-state index contributed by atoms with van der Waals surface area (Å²) >= 11 is 0. The molecule has 0 saturated carbocycles. The Morgan fingerprint density at radius 2 is 0.614 bits per heavy atom. The Labute approximate surface area is 274 Å². The molecule has 0 aromatic carbocycles. The smallest absolute Gasteiger partial charge is 0.0135 e. The van der Waals surface area contributed by atoms with Gasteiger partial charge in [0.05, 0.1) is 0 Å². The van der Waals surface area contributed by atoms with E-state index in [0.29, 0.717) is 29.6 Å². The first-order valence-electron chi connectivity index (χ1n) is 18.4. The van der Waals surface area contributed by atoms with E-state index < -0.39 is 0 Å². The molecule has 4 saturated heterocycles. The molecule has 0 spiro atoms. The molecule has 4 N–H and O–H groups in total. The second kappa shape index (κ2) is 11.3. The van der Waals surface area contributed by atoms with Crippen molar-refractivity contribution >= 4 is 0 Å². The van der Waals surface area contributed by atoms with Crippen molar-refractivity contribution in [1.29, 1.82) is 0 Å². The number of allylic oxidation sites excluding steroid dienone is 2. The highest BCUT2D eigenvalue weighted by molar-refractivity contribution is 5.31. The van der Waals surface area contributed by atoms with Gasteiger partial charge in [-0.3, -0.25) is 0 Å². The number of nitrogens with one attached hydrogen (secondary N) is 4. The van der Waals surface area contributed by atoms with Gasteiger partial charge in [0.25, 0.3) is 0 Å². The maximum Gasteiger partial charge on any atom is 0.0135 e. The third-order valence-electron chi connectivity index (χ3n) is 11.6. The van der Waals surface area contributed by atoms with Gasteiger partial charge in [-0.05, 0) is 192 Å². The van der Waals surface area contributed by atoms with Crippen molar-refractivity contribution in [2.45, 2.75) is 213 Å². The van der Waals surface area contributed by atoms with E-state index in [1.807, 2.05) is 11.1 Å². The average Bonchev–Trinajstić information content (AvgIpc) is 2.67. The molecule has 4 aliphatic rings. The van der Waals surface area contributed by atoms with Crippen molar-refractivity contribution in [2.24, 2.45) is 29.6 Å². The minimum Gasteiger partial charge on any atom is -0.307 e. The second-order valence-corrected chi connectivity index (χ2v) is 21.8. The van der Waals surface area contributed by atoms with Crippen molar-refractivity contribution in [3.63, 3.8) is 0 Å². The molecule has 4 fully saturated rings. The van der Waals surface area contributed by atoms with Gasteiger partial charge in [0.1, 0.15) is 0 Å². The summed E-state index contributed by atoms with van der Waals surface area (Å²) in [5.74, 6) is 3.07. The molecule has 0 aromatic rings. The van der Waals surface area contributed by atoms with Crippen LogP contribution in [0.15, 0.2) is 11.1 Å². The molecule has 0 bridgehead atoms. The predicted octanol–water partition coefficient (Wildman–Crippen LogP) is 9.15. The van der Waals surface area contributed by atoms with E-state index in [1.165, 1.54) is 51.4 Å². The van der Waals surface area contributed by atoms with Crippen LogP contribution in [0.1, 0.15) is 169 Å². The van der Waals surface area contributed by atoms with E-state index in [-0.39, 0.29) is 44.3 Å². The van der Waals surface area contributed by atoms with Crippen LogP contribution in [0, 0.1) is 29.6 Å². The van der Waals surface area contributed by atoms with Gasteiger partial charge in [-0.2, -0.15) is 0 Å². The van der Waals surface area contributed by atoms with E-state index in [2.05, 4.69) is 139 Å². The molecule has 4 aliphatic heterocycles. The number of rotatable bonds is 5. The van der Waals surface area contributed by atoms with Crippen LogP contribution in [0.5, 0.6) is 0 Å². The molecule has 1 unspecified atom stereocenters. The Kier molecular flexibility index (Phi) is 9.38. The number of hydrogen-bond donors (Lipinski definition) is 4. The van der Waals surface area contributed by atoms with Crippen LogP contribution in [-0.2, 0) is 0 Å². The molecule has 0 radical (unpaired) electrons. The molecule has 0 aliphatic carbocycles. The first-order valence-corrected chi connectivity index (χ1v) is 18.4. The Bertz CT molecular complexity index is 981. The standard InChI is InChI=1S/C40H76N4/c1-26(27-18-33(2,3)41-34(4,5)19-27)31(28-20-35(6,7)42-36(8,9)21-28)32(29-22-37(10,11)43-38(12,13)23-29)30-24-39(14,15)44-40(16,17)25-30/h26-30,41-44H,18-25H2,1-17H3. The molecule has 4 nitrogen and oxygen atoms in total. The molecule has 0 amide bonds. The van der Waals surface area contributed by atoms with E-state index in [9.17, 15) is 0 Å². The molecular formula is C40H76N4. The SMILES string of the molecule is CC(C(=C(C1CC(C)(C)NC(C)(C)C1)C1CC(C)(C)NC(C)(C)C1)C1CC(C)(C)NC(C)(C)C1)C1CC(C)(C)NC(C)(C)C1. The van der Waals surface area contributed by atoms with Gasteiger partial charge >= 0.3 is 0 Å². The van der Waals surface area contributed by atoms with Crippen LogP contribution in [0.2, 0.25) is 0 Å². The summed E-state index contributed by atoms with van der Waals surface area (Å²) < 4.78 is 0. The molecule has 0 aromatic heterocycles. The molecule has 4 rings (SSSR count). The van der Waals surface area contributed by atoms with Gasteiger partial charge in [0.2, 0.25) is 0 Å². The normalized spacial score (nSPS) is 32.1. The lowest BCUT2D eigenvalue weighted by Crippen LogP contribution is -2.61. The minimum atomic E-state index is 0.120. The van der Waals surface area contributed by atoms with Crippen LogP contribution >= 0.6 is 0 Å². The summed E-state index contributed by atoms with van der Waals surface area (Å²) in [6.45, 7) is 42.1. The lowest BCUT2D eigenvalue weighted by Gasteiger charge is -2.55. The number of hydrogen-bond acceptors (Lipinski definition) is 4. The lowest BCUT2D eigenvalue weighted by atomic mass is 9.58. The average molecular weight is 613 g/mol. The van der Waals surface area contributed by atoms with Crippen molar-refractivity contribution < 1.29 is 0 Å². The Hall–Kier alpha value is -0.420. The summed E-state index contributed by atoms with van der Waals surface area (Å²) in [5, 5.41) is 16.2. The molecule has 4 heterocycles. The van der Waals surface area contributed by atoms with Crippen LogP contribution < -0.4 is 21.3 Å². The highest BCUT2D eigenvalue weighted by Crippen LogP contribution is 2.53. The highest BCUT2D eigenvalue weighted by atomic mass is 15.1. The van der Waals surface area contributed by atoms with Crippen molar-refractivity contribution in [2.75, 3.05) is 0 Å². The fraction of sp³-hybridized carbons (Fsp3) is 0.950. The third kappa shape index (κ3) is 8.93. The van der Waals surface area contributed by atoms with Crippen LogP contribution in [-0.4, -0.2) is 44.3 Å². The van der Waals surface area contributed by atoms with Crippen molar-refractivity contribution in [3.8, 4) is 0 Å². The summed E-state index contributed by atoms with van der Waals surface area (Å²) in [4.78, 5) is 0. The zero-order valence-corrected chi connectivity index (χ0v) is 32.5. The van der Waals surface area contributed by atoms with Crippen LogP contribution in [0.25, 0.3) is 0 Å².